The molecule has 6 N–H and O–H groups in total. The lowest BCUT2D eigenvalue weighted by Crippen LogP contribution is -2.42. The number of oxime groups is 1. The van der Waals surface area contributed by atoms with Crippen LogP contribution in [0.25, 0.3) is 0 Å². The summed E-state index contributed by atoms with van der Waals surface area (Å²) in [7, 11) is -4.05. The minimum Gasteiger partial charge on any atom is -0.494 e. The van der Waals surface area contributed by atoms with Crippen molar-refractivity contribution in [2.24, 2.45) is 16.6 Å². The third-order valence-corrected chi connectivity index (χ3v) is 6.17. The molecule has 1 unspecified atom stereocenters. The number of hydrogen-bond acceptors (Lipinski definition) is 7. The van der Waals surface area contributed by atoms with Gasteiger partial charge in [-0.2, -0.15) is 4.72 Å². The molecular formula is C23H32N4O7S. The van der Waals surface area contributed by atoms with Gasteiger partial charge >= 0.3 is 5.97 Å². The SMILES string of the molecule is CCCCOc1ccc(S(=O)(=O)NC(Cc2ccc(OCCCON=C(N)N)cc2)C(=O)O)cc1. The van der Waals surface area contributed by atoms with Gasteiger partial charge in [0.05, 0.1) is 18.1 Å². The molecule has 0 heterocycles. The highest BCUT2D eigenvalue weighted by atomic mass is 32.2. The summed E-state index contributed by atoms with van der Waals surface area (Å²) in [6.45, 7) is 3.23. The van der Waals surface area contributed by atoms with Crippen LogP contribution in [-0.2, 0) is 26.1 Å². The van der Waals surface area contributed by atoms with Crippen LogP contribution in [0.5, 0.6) is 11.5 Å². The van der Waals surface area contributed by atoms with Crippen LogP contribution in [0.2, 0.25) is 0 Å². The third kappa shape index (κ3) is 10.1. The van der Waals surface area contributed by atoms with Gasteiger partial charge in [-0.25, -0.2) is 8.42 Å². The van der Waals surface area contributed by atoms with Crippen LogP contribution in [0.3, 0.4) is 0 Å². The fraction of sp³-hybridized carbons (Fsp3) is 0.391. The van der Waals surface area contributed by atoms with Gasteiger partial charge < -0.3 is 30.9 Å². The van der Waals surface area contributed by atoms with E-state index in [0.29, 0.717) is 36.7 Å². The van der Waals surface area contributed by atoms with E-state index in [-0.39, 0.29) is 23.9 Å². The molecule has 1 atom stereocenters. The van der Waals surface area contributed by atoms with Gasteiger partial charge in [0.2, 0.25) is 16.0 Å². The molecule has 0 amide bonds. The molecule has 0 aliphatic heterocycles. The van der Waals surface area contributed by atoms with E-state index in [9.17, 15) is 18.3 Å². The second-order valence-electron chi connectivity index (χ2n) is 7.58. The van der Waals surface area contributed by atoms with Crippen molar-refractivity contribution in [2.45, 2.75) is 43.5 Å². The lowest BCUT2D eigenvalue weighted by molar-refractivity contribution is -0.138. The minimum atomic E-state index is -4.05. The van der Waals surface area contributed by atoms with Crippen LogP contribution >= 0.6 is 0 Å². The van der Waals surface area contributed by atoms with E-state index in [1.807, 2.05) is 6.92 Å². The number of unbranched alkanes of at least 4 members (excludes halogenated alkanes) is 1. The van der Waals surface area contributed by atoms with E-state index in [1.54, 1.807) is 36.4 Å². The number of carbonyl (C=O) groups is 1. The molecule has 2 aromatic carbocycles. The molecule has 0 aliphatic carbocycles. The van der Waals surface area contributed by atoms with Gasteiger partial charge in [0.15, 0.2) is 0 Å². The summed E-state index contributed by atoms with van der Waals surface area (Å²) < 4.78 is 38.8. The highest BCUT2D eigenvalue weighted by Crippen LogP contribution is 2.18. The van der Waals surface area contributed by atoms with Gasteiger partial charge in [-0.15, -0.1) is 0 Å². The number of carboxylic acid groups (broad SMARTS) is 1. The average molecular weight is 509 g/mol. The van der Waals surface area contributed by atoms with Crippen molar-refractivity contribution in [3.63, 3.8) is 0 Å². The van der Waals surface area contributed by atoms with E-state index in [4.69, 9.17) is 25.8 Å². The number of rotatable bonds is 16. The summed E-state index contributed by atoms with van der Waals surface area (Å²) in [6.07, 6.45) is 2.39. The summed E-state index contributed by atoms with van der Waals surface area (Å²) in [5, 5.41) is 13.0. The quantitative estimate of drug-likeness (QED) is 0.114. The molecule has 11 nitrogen and oxygen atoms in total. The molecule has 35 heavy (non-hydrogen) atoms. The largest absolute Gasteiger partial charge is 0.494 e. The lowest BCUT2D eigenvalue weighted by atomic mass is 10.1. The van der Waals surface area contributed by atoms with Crippen molar-refractivity contribution in [3.8, 4) is 11.5 Å². The number of aliphatic carboxylic acids is 1. The molecule has 2 rings (SSSR count). The summed E-state index contributed by atoms with van der Waals surface area (Å²) in [5.41, 5.74) is 10.9. The Bertz CT molecular complexity index is 1050. The number of ether oxygens (including phenoxy) is 2. The molecule has 0 fully saturated rings. The highest BCUT2D eigenvalue weighted by molar-refractivity contribution is 7.89. The Balaban J connectivity index is 1.91. The van der Waals surface area contributed by atoms with E-state index >= 15 is 0 Å². The van der Waals surface area contributed by atoms with Crippen molar-refractivity contribution >= 4 is 22.0 Å². The van der Waals surface area contributed by atoms with E-state index in [1.165, 1.54) is 12.1 Å². The topological polar surface area (TPSA) is 176 Å². The number of hydrogen-bond donors (Lipinski definition) is 4. The number of benzene rings is 2. The lowest BCUT2D eigenvalue weighted by Gasteiger charge is -2.16. The highest BCUT2D eigenvalue weighted by Gasteiger charge is 2.25. The molecule has 12 heteroatoms. The Morgan fingerprint density at radius 3 is 2.09 bits per heavy atom. The average Bonchev–Trinajstić information content (AvgIpc) is 2.82. The summed E-state index contributed by atoms with van der Waals surface area (Å²) in [6, 6.07) is 11.2. The first-order valence-electron chi connectivity index (χ1n) is 11.1. The Morgan fingerprint density at radius 1 is 0.971 bits per heavy atom. The van der Waals surface area contributed by atoms with Crippen molar-refractivity contribution in [2.75, 3.05) is 19.8 Å². The molecule has 0 saturated carbocycles. The van der Waals surface area contributed by atoms with Crippen molar-refractivity contribution in [1.82, 2.24) is 4.72 Å². The number of nitrogens with zero attached hydrogens (tertiary/aromatic N) is 1. The van der Waals surface area contributed by atoms with Crippen LogP contribution in [0.15, 0.2) is 58.6 Å². The fourth-order valence-electron chi connectivity index (χ4n) is 2.88. The van der Waals surface area contributed by atoms with Crippen molar-refractivity contribution < 1.29 is 32.6 Å². The number of nitrogens with two attached hydrogens (primary N) is 2. The Hall–Kier alpha value is -3.51. The summed E-state index contributed by atoms with van der Waals surface area (Å²) >= 11 is 0. The molecule has 0 radical (unpaired) electrons. The monoisotopic (exact) mass is 508 g/mol. The Kier molecular flexibility index (Phi) is 11.1. The maximum atomic E-state index is 12.7. The van der Waals surface area contributed by atoms with Crippen LogP contribution in [0.1, 0.15) is 31.7 Å². The van der Waals surface area contributed by atoms with Crippen LogP contribution in [-0.4, -0.2) is 51.3 Å². The standard InChI is InChI=1S/C23H32N4O7S/c1-2-3-13-32-19-9-11-20(12-10-19)35(30,31)27-21(22(28)29)16-17-5-7-18(8-6-17)33-14-4-15-34-26-23(24)25/h5-12,21,27H,2-4,13-16H2,1H3,(H,28,29)(H4,24,25,26). The molecule has 192 valence electrons. The van der Waals surface area contributed by atoms with Crippen molar-refractivity contribution in [1.29, 1.82) is 0 Å². The molecule has 2 aromatic rings. The van der Waals surface area contributed by atoms with Crippen LogP contribution in [0, 0.1) is 0 Å². The van der Waals surface area contributed by atoms with E-state index < -0.39 is 22.0 Å². The number of sulfonamides is 1. The molecule has 0 spiro atoms. The number of carboxylic acids is 1. The maximum absolute atomic E-state index is 12.7. The molecular weight excluding hydrogens is 476 g/mol. The van der Waals surface area contributed by atoms with Gasteiger partial charge in [-0.3, -0.25) is 4.79 Å². The maximum Gasteiger partial charge on any atom is 0.322 e. The molecule has 0 bridgehead atoms. The third-order valence-electron chi connectivity index (χ3n) is 4.68. The van der Waals surface area contributed by atoms with Gasteiger partial charge in [-0.05, 0) is 60.0 Å². The van der Waals surface area contributed by atoms with E-state index in [0.717, 1.165) is 12.8 Å². The van der Waals surface area contributed by atoms with E-state index in [2.05, 4.69) is 9.88 Å². The molecule has 0 aliphatic rings. The minimum absolute atomic E-state index is 0.0423. The first kappa shape index (κ1) is 27.7. The first-order valence-corrected chi connectivity index (χ1v) is 12.6. The molecule has 0 saturated heterocycles. The Labute approximate surface area is 205 Å². The predicted octanol–water partition coefficient (Wildman–Crippen LogP) is 1.81. The second-order valence-corrected chi connectivity index (χ2v) is 9.30. The summed E-state index contributed by atoms with van der Waals surface area (Å²) in [5.74, 6) is -0.317. The summed E-state index contributed by atoms with van der Waals surface area (Å²) in [4.78, 5) is 16.6. The normalized spacial score (nSPS) is 11.9. The van der Waals surface area contributed by atoms with Crippen LogP contribution in [0.4, 0.5) is 0 Å². The number of guanidine groups is 1. The zero-order chi connectivity index (χ0) is 25.7. The van der Waals surface area contributed by atoms with Crippen molar-refractivity contribution in [3.05, 3.63) is 54.1 Å². The predicted molar refractivity (Wildman–Crippen MR) is 131 cm³/mol. The fourth-order valence-corrected chi connectivity index (χ4v) is 4.06. The first-order chi connectivity index (χ1) is 16.7. The zero-order valence-electron chi connectivity index (χ0n) is 19.6. The smallest absolute Gasteiger partial charge is 0.322 e. The number of nitrogens with one attached hydrogen (secondary N) is 1. The van der Waals surface area contributed by atoms with Crippen LogP contribution < -0.4 is 25.7 Å². The van der Waals surface area contributed by atoms with Gasteiger partial charge in [0.1, 0.15) is 24.1 Å². The van der Waals surface area contributed by atoms with Gasteiger partial charge in [-0.1, -0.05) is 25.5 Å². The second kappa shape index (κ2) is 14.0. The molecule has 0 aromatic heterocycles. The Morgan fingerprint density at radius 2 is 1.54 bits per heavy atom. The van der Waals surface area contributed by atoms with Gasteiger partial charge in [0, 0.05) is 6.42 Å². The van der Waals surface area contributed by atoms with Gasteiger partial charge in [0.25, 0.3) is 0 Å². The zero-order valence-corrected chi connectivity index (χ0v) is 20.4.